The van der Waals surface area contributed by atoms with Gasteiger partial charge in [0.05, 0.1) is 5.69 Å². The van der Waals surface area contributed by atoms with Crippen LogP contribution < -0.4 is 10.2 Å². The summed E-state index contributed by atoms with van der Waals surface area (Å²) in [6.07, 6.45) is 4.54. The van der Waals surface area contributed by atoms with Gasteiger partial charge in [-0.15, -0.1) is 0 Å². The first-order valence-corrected chi connectivity index (χ1v) is 9.91. The van der Waals surface area contributed by atoms with Crippen molar-refractivity contribution >= 4 is 17.5 Å². The largest absolute Gasteiger partial charge is 0.351 e. The van der Waals surface area contributed by atoms with Gasteiger partial charge in [0, 0.05) is 24.8 Å². The zero-order valence-electron chi connectivity index (χ0n) is 16.0. The molecule has 0 saturated heterocycles. The number of benzene rings is 1. The fraction of sp³-hybridized carbons (Fsp3) is 0.476. The van der Waals surface area contributed by atoms with Crippen molar-refractivity contribution in [2.45, 2.75) is 58.5 Å². The molecule has 1 atom stereocenters. The van der Waals surface area contributed by atoms with Gasteiger partial charge in [-0.3, -0.25) is 9.59 Å². The average molecular weight is 366 g/mol. The molecule has 1 aromatic carbocycles. The molecule has 0 spiro atoms. The van der Waals surface area contributed by atoms with E-state index in [1.807, 2.05) is 34.6 Å². The van der Waals surface area contributed by atoms with E-state index in [1.54, 1.807) is 0 Å². The molecule has 6 heteroatoms. The van der Waals surface area contributed by atoms with Gasteiger partial charge < -0.3 is 14.8 Å². The summed E-state index contributed by atoms with van der Waals surface area (Å²) in [5.74, 6) is 0.122. The predicted molar refractivity (Wildman–Crippen MR) is 104 cm³/mol. The van der Waals surface area contributed by atoms with Crippen LogP contribution in [0.2, 0.25) is 0 Å². The maximum Gasteiger partial charge on any atom is 0.294 e. The van der Waals surface area contributed by atoms with Crippen LogP contribution in [0, 0.1) is 0 Å². The highest BCUT2D eigenvalue weighted by molar-refractivity contribution is 6.07. The maximum absolute atomic E-state index is 13.5. The maximum atomic E-state index is 13.5. The quantitative estimate of drug-likeness (QED) is 0.905. The topological polar surface area (TPSA) is 67.2 Å². The third-order valence-corrected chi connectivity index (χ3v) is 5.49. The number of nitrogens with one attached hydrogen (secondary N) is 1. The van der Waals surface area contributed by atoms with E-state index < -0.39 is 0 Å². The monoisotopic (exact) mass is 366 g/mol. The van der Waals surface area contributed by atoms with Gasteiger partial charge in [0.1, 0.15) is 5.69 Å². The number of carbonyl (C=O) groups is 2. The molecule has 0 bridgehead atoms. The minimum atomic E-state index is -0.170. The Kier molecular flexibility index (Phi) is 4.72. The van der Waals surface area contributed by atoms with Crippen LogP contribution in [-0.2, 0) is 19.4 Å². The van der Waals surface area contributed by atoms with E-state index in [1.165, 1.54) is 5.56 Å². The first kappa shape index (κ1) is 17.8. The van der Waals surface area contributed by atoms with Crippen LogP contribution in [0.5, 0.6) is 0 Å². The highest BCUT2D eigenvalue weighted by Crippen LogP contribution is 2.33. The lowest BCUT2D eigenvalue weighted by Crippen LogP contribution is -2.37. The zero-order valence-corrected chi connectivity index (χ0v) is 16.0. The standard InChI is InChI=1S/C21H26N4O2/c1-3-11-22-20(26)18-17-10-6-7-12-24(17)19(23-18)21(27)25-14(2)13-15-8-4-5-9-16(15)25/h4-5,8-9,14H,3,6-7,10-13H2,1-2H3,(H,22,26). The Labute approximate surface area is 159 Å². The van der Waals surface area contributed by atoms with Crippen LogP contribution in [0.15, 0.2) is 24.3 Å². The lowest BCUT2D eigenvalue weighted by molar-refractivity contribution is 0.0947. The van der Waals surface area contributed by atoms with Crippen molar-refractivity contribution in [1.29, 1.82) is 0 Å². The number of aromatic nitrogens is 2. The smallest absolute Gasteiger partial charge is 0.294 e. The van der Waals surface area contributed by atoms with Gasteiger partial charge in [0.15, 0.2) is 0 Å². The first-order chi connectivity index (χ1) is 13.1. The highest BCUT2D eigenvalue weighted by Gasteiger charge is 2.35. The fourth-order valence-electron chi connectivity index (χ4n) is 4.19. The van der Waals surface area contributed by atoms with Gasteiger partial charge in [-0.25, -0.2) is 4.98 Å². The van der Waals surface area contributed by atoms with E-state index in [-0.39, 0.29) is 17.9 Å². The Morgan fingerprint density at radius 2 is 2.07 bits per heavy atom. The van der Waals surface area contributed by atoms with Gasteiger partial charge in [-0.05, 0) is 50.7 Å². The molecular formula is C21H26N4O2. The number of anilines is 1. The Balaban J connectivity index is 1.72. The summed E-state index contributed by atoms with van der Waals surface area (Å²) >= 11 is 0. The van der Waals surface area contributed by atoms with E-state index in [0.717, 1.165) is 50.0 Å². The van der Waals surface area contributed by atoms with Crippen molar-refractivity contribution < 1.29 is 9.59 Å². The van der Waals surface area contributed by atoms with Crippen LogP contribution in [0.3, 0.4) is 0 Å². The predicted octanol–water partition coefficient (Wildman–Crippen LogP) is 2.95. The number of rotatable bonds is 4. The molecule has 2 aromatic rings. The zero-order chi connectivity index (χ0) is 19.0. The minimum absolute atomic E-state index is 0.0869. The molecule has 0 aliphatic carbocycles. The van der Waals surface area contributed by atoms with Gasteiger partial charge in [-0.1, -0.05) is 25.1 Å². The summed E-state index contributed by atoms with van der Waals surface area (Å²) in [5.41, 5.74) is 3.47. The molecule has 0 radical (unpaired) electrons. The summed E-state index contributed by atoms with van der Waals surface area (Å²) in [6.45, 7) is 5.44. The Morgan fingerprint density at radius 1 is 1.26 bits per heavy atom. The Morgan fingerprint density at radius 3 is 2.89 bits per heavy atom. The third kappa shape index (κ3) is 3.03. The van der Waals surface area contributed by atoms with Crippen LogP contribution in [0.4, 0.5) is 5.69 Å². The number of hydrogen-bond acceptors (Lipinski definition) is 3. The molecular weight excluding hydrogens is 340 g/mol. The summed E-state index contributed by atoms with van der Waals surface area (Å²) in [4.78, 5) is 32.4. The first-order valence-electron chi connectivity index (χ1n) is 9.91. The Bertz CT molecular complexity index is 886. The molecule has 3 heterocycles. The molecule has 142 valence electrons. The number of fused-ring (bicyclic) bond motifs is 2. The van der Waals surface area contributed by atoms with Gasteiger partial charge in [-0.2, -0.15) is 0 Å². The van der Waals surface area contributed by atoms with Crippen molar-refractivity contribution in [3.05, 3.63) is 47.0 Å². The number of hydrogen-bond donors (Lipinski definition) is 1. The van der Waals surface area contributed by atoms with Crippen LogP contribution in [0.25, 0.3) is 0 Å². The van der Waals surface area contributed by atoms with E-state index in [2.05, 4.69) is 23.3 Å². The molecule has 2 aliphatic rings. The van der Waals surface area contributed by atoms with Gasteiger partial charge in [0.25, 0.3) is 11.8 Å². The van der Waals surface area contributed by atoms with Gasteiger partial charge >= 0.3 is 0 Å². The van der Waals surface area contributed by atoms with Crippen molar-refractivity contribution in [1.82, 2.24) is 14.9 Å². The van der Waals surface area contributed by atoms with E-state index in [0.29, 0.717) is 18.1 Å². The van der Waals surface area contributed by atoms with Crippen molar-refractivity contribution in [3.8, 4) is 0 Å². The number of para-hydroxylation sites is 1. The normalized spacial score (nSPS) is 18.1. The molecule has 2 amide bonds. The third-order valence-electron chi connectivity index (χ3n) is 5.49. The molecule has 27 heavy (non-hydrogen) atoms. The number of nitrogens with zero attached hydrogens (tertiary/aromatic N) is 3. The molecule has 2 aliphatic heterocycles. The second kappa shape index (κ2) is 7.18. The van der Waals surface area contributed by atoms with E-state index in [9.17, 15) is 9.59 Å². The van der Waals surface area contributed by atoms with E-state index >= 15 is 0 Å². The summed E-state index contributed by atoms with van der Waals surface area (Å²) in [7, 11) is 0. The SMILES string of the molecule is CCCNC(=O)c1nc(C(=O)N2c3ccccc3CC2C)n2c1CCCC2. The Hall–Kier alpha value is -2.63. The number of carbonyl (C=O) groups excluding carboxylic acids is 2. The molecule has 6 nitrogen and oxygen atoms in total. The summed E-state index contributed by atoms with van der Waals surface area (Å²) in [5, 5.41) is 2.91. The van der Waals surface area contributed by atoms with Crippen LogP contribution in [-0.4, -0.2) is 34.0 Å². The molecule has 1 aromatic heterocycles. The minimum Gasteiger partial charge on any atom is -0.351 e. The summed E-state index contributed by atoms with van der Waals surface area (Å²) < 4.78 is 1.97. The van der Waals surface area contributed by atoms with Crippen molar-refractivity contribution in [2.24, 2.45) is 0 Å². The molecule has 0 saturated carbocycles. The molecule has 0 fully saturated rings. The number of amides is 2. The highest BCUT2D eigenvalue weighted by atomic mass is 16.2. The van der Waals surface area contributed by atoms with Crippen LogP contribution in [0.1, 0.15) is 65.5 Å². The van der Waals surface area contributed by atoms with E-state index in [4.69, 9.17) is 0 Å². The summed E-state index contributed by atoms with van der Waals surface area (Å²) in [6, 6.07) is 8.12. The molecule has 1 unspecified atom stereocenters. The lowest BCUT2D eigenvalue weighted by Gasteiger charge is -2.24. The molecule has 1 N–H and O–H groups in total. The second-order valence-electron chi connectivity index (χ2n) is 7.45. The average Bonchev–Trinajstić information content (AvgIpc) is 3.23. The second-order valence-corrected chi connectivity index (χ2v) is 7.45. The number of imidazole rings is 1. The van der Waals surface area contributed by atoms with Gasteiger partial charge in [0.2, 0.25) is 5.82 Å². The fourth-order valence-corrected chi connectivity index (χ4v) is 4.19. The lowest BCUT2D eigenvalue weighted by atomic mass is 10.1. The molecule has 4 rings (SSSR count). The van der Waals surface area contributed by atoms with Crippen LogP contribution >= 0.6 is 0 Å². The van der Waals surface area contributed by atoms with Crippen molar-refractivity contribution in [2.75, 3.05) is 11.4 Å². The van der Waals surface area contributed by atoms with Crippen molar-refractivity contribution in [3.63, 3.8) is 0 Å².